The van der Waals surface area contributed by atoms with Crippen molar-refractivity contribution in [3.8, 4) is 0 Å². The summed E-state index contributed by atoms with van der Waals surface area (Å²) in [5, 5.41) is 4.37. The van der Waals surface area contributed by atoms with Crippen molar-refractivity contribution in [1.29, 1.82) is 0 Å². The van der Waals surface area contributed by atoms with E-state index >= 15 is 0 Å². The summed E-state index contributed by atoms with van der Waals surface area (Å²) >= 11 is 12.0. The third-order valence-corrected chi connectivity index (χ3v) is 5.09. The molecular weight excluding hydrogens is 359 g/mol. The van der Waals surface area contributed by atoms with Crippen LogP contribution in [-0.2, 0) is 19.5 Å². The second-order valence-corrected chi connectivity index (χ2v) is 6.89. The van der Waals surface area contributed by atoms with Crippen LogP contribution in [0.5, 0.6) is 0 Å². The monoisotopic (exact) mass is 372 g/mol. The number of hydrogen-bond acceptors (Lipinski definition) is 2. The minimum Gasteiger partial charge on any atom is -0.348 e. The van der Waals surface area contributed by atoms with Gasteiger partial charge in [0.15, 0.2) is 0 Å². The molecule has 0 spiro atoms. The smallest absolute Gasteiger partial charge is 0.257 e. The van der Waals surface area contributed by atoms with Gasteiger partial charge in [0.2, 0.25) is 5.43 Å². The molecule has 0 saturated heterocycles. The highest BCUT2D eigenvalue weighted by Crippen LogP contribution is 2.24. The Labute approximate surface area is 154 Å². The Bertz CT molecular complexity index is 1070. The first kappa shape index (κ1) is 16.2. The van der Waals surface area contributed by atoms with Crippen molar-refractivity contribution < 1.29 is 4.79 Å². The van der Waals surface area contributed by atoms with Gasteiger partial charge in [-0.3, -0.25) is 9.59 Å². The zero-order valence-corrected chi connectivity index (χ0v) is 14.7. The molecule has 0 aliphatic carbocycles. The van der Waals surface area contributed by atoms with Gasteiger partial charge in [0, 0.05) is 34.7 Å². The third kappa shape index (κ3) is 2.81. The van der Waals surface area contributed by atoms with Crippen LogP contribution in [-0.4, -0.2) is 10.5 Å². The van der Waals surface area contributed by atoms with Gasteiger partial charge in [-0.15, -0.1) is 0 Å². The Hall–Kier alpha value is -2.30. The molecule has 2 heterocycles. The SMILES string of the molecule is O=C(NCc1ccc(Cl)cc1Cl)c1cn2c3c(cccc3c1=O)CC2. The lowest BCUT2D eigenvalue weighted by Crippen LogP contribution is -2.29. The van der Waals surface area contributed by atoms with Crippen molar-refractivity contribution in [1.82, 2.24) is 9.88 Å². The lowest BCUT2D eigenvalue weighted by atomic mass is 10.1. The number of pyridine rings is 1. The normalized spacial score (nSPS) is 12.6. The van der Waals surface area contributed by atoms with Crippen LogP contribution in [0.1, 0.15) is 21.5 Å². The van der Waals surface area contributed by atoms with E-state index in [1.807, 2.05) is 16.7 Å². The van der Waals surface area contributed by atoms with Gasteiger partial charge in [0.05, 0.1) is 5.52 Å². The topological polar surface area (TPSA) is 51.1 Å². The highest BCUT2D eigenvalue weighted by Gasteiger charge is 2.20. The van der Waals surface area contributed by atoms with Crippen molar-refractivity contribution in [2.24, 2.45) is 0 Å². The minimum atomic E-state index is -0.404. The average molecular weight is 373 g/mol. The van der Waals surface area contributed by atoms with Crippen LogP contribution < -0.4 is 10.7 Å². The first-order valence-electron chi connectivity index (χ1n) is 7.92. The molecule has 4 rings (SSSR count). The van der Waals surface area contributed by atoms with Gasteiger partial charge in [-0.1, -0.05) is 41.4 Å². The highest BCUT2D eigenvalue weighted by atomic mass is 35.5. The first-order valence-corrected chi connectivity index (χ1v) is 8.67. The number of nitrogens with zero attached hydrogens (tertiary/aromatic N) is 1. The van der Waals surface area contributed by atoms with Crippen LogP contribution in [0.2, 0.25) is 10.0 Å². The number of halogens is 2. The molecule has 0 fully saturated rings. The Morgan fingerprint density at radius 1 is 1.20 bits per heavy atom. The van der Waals surface area contributed by atoms with Crippen molar-refractivity contribution in [2.45, 2.75) is 19.5 Å². The molecule has 0 atom stereocenters. The zero-order chi connectivity index (χ0) is 17.6. The molecule has 1 N–H and O–H groups in total. The van der Waals surface area contributed by atoms with Gasteiger partial charge in [-0.05, 0) is 35.7 Å². The quantitative estimate of drug-likeness (QED) is 0.760. The number of rotatable bonds is 3. The van der Waals surface area contributed by atoms with Crippen LogP contribution in [0.25, 0.3) is 10.9 Å². The summed E-state index contributed by atoms with van der Waals surface area (Å²) in [6.45, 7) is 1.01. The highest BCUT2D eigenvalue weighted by molar-refractivity contribution is 6.35. The molecule has 4 nitrogen and oxygen atoms in total. The molecule has 126 valence electrons. The van der Waals surface area contributed by atoms with Crippen LogP contribution in [0.3, 0.4) is 0 Å². The maximum absolute atomic E-state index is 12.7. The summed E-state index contributed by atoms with van der Waals surface area (Å²) in [5.41, 5.74) is 2.73. The predicted molar refractivity (Wildman–Crippen MR) is 99.5 cm³/mol. The molecule has 1 aliphatic rings. The number of amides is 1. The molecule has 3 aromatic rings. The Morgan fingerprint density at radius 3 is 2.84 bits per heavy atom. The lowest BCUT2D eigenvalue weighted by Gasteiger charge is -2.10. The molecule has 1 amide bonds. The zero-order valence-electron chi connectivity index (χ0n) is 13.2. The third-order valence-electron chi connectivity index (χ3n) is 4.50. The van der Waals surface area contributed by atoms with Crippen LogP contribution in [0.4, 0.5) is 0 Å². The van der Waals surface area contributed by atoms with Crippen LogP contribution in [0, 0.1) is 0 Å². The summed E-state index contributed by atoms with van der Waals surface area (Å²) in [6, 6.07) is 10.7. The molecule has 2 aromatic carbocycles. The van der Waals surface area contributed by atoms with E-state index in [-0.39, 0.29) is 17.5 Å². The van der Waals surface area contributed by atoms with Gasteiger partial charge in [-0.2, -0.15) is 0 Å². The van der Waals surface area contributed by atoms with E-state index in [9.17, 15) is 9.59 Å². The van der Waals surface area contributed by atoms with Gasteiger partial charge in [0.25, 0.3) is 5.91 Å². The van der Waals surface area contributed by atoms with E-state index in [2.05, 4.69) is 5.32 Å². The van der Waals surface area contributed by atoms with Gasteiger partial charge in [-0.25, -0.2) is 0 Å². The summed E-state index contributed by atoms with van der Waals surface area (Å²) < 4.78 is 1.98. The Morgan fingerprint density at radius 2 is 2.04 bits per heavy atom. The summed E-state index contributed by atoms with van der Waals surface area (Å²) in [5.74, 6) is -0.404. The molecular formula is C19H14Cl2N2O2. The Kier molecular flexibility index (Phi) is 4.02. The van der Waals surface area contributed by atoms with Crippen molar-refractivity contribution in [3.63, 3.8) is 0 Å². The number of aryl methyl sites for hydroxylation is 2. The molecule has 6 heteroatoms. The average Bonchev–Trinajstić information content (AvgIpc) is 3.01. The van der Waals surface area contributed by atoms with E-state index < -0.39 is 5.91 Å². The molecule has 1 aromatic heterocycles. The van der Waals surface area contributed by atoms with Crippen molar-refractivity contribution in [3.05, 3.63) is 79.6 Å². The fourth-order valence-electron chi connectivity index (χ4n) is 3.25. The van der Waals surface area contributed by atoms with E-state index in [0.29, 0.717) is 15.4 Å². The van der Waals surface area contributed by atoms with E-state index in [1.165, 1.54) is 0 Å². The largest absolute Gasteiger partial charge is 0.348 e. The number of aromatic nitrogens is 1. The maximum atomic E-state index is 12.7. The fourth-order valence-corrected chi connectivity index (χ4v) is 3.73. The lowest BCUT2D eigenvalue weighted by molar-refractivity contribution is 0.0949. The standard InChI is InChI=1S/C19H14Cl2N2O2/c20-13-5-4-12(16(21)8-13)9-22-19(25)15-10-23-7-6-11-2-1-3-14(17(11)23)18(15)24/h1-5,8,10H,6-7,9H2,(H,22,25). The van der Waals surface area contributed by atoms with E-state index in [4.69, 9.17) is 23.2 Å². The molecule has 0 radical (unpaired) electrons. The summed E-state index contributed by atoms with van der Waals surface area (Å²) in [4.78, 5) is 25.3. The van der Waals surface area contributed by atoms with Crippen molar-refractivity contribution >= 4 is 40.0 Å². The van der Waals surface area contributed by atoms with E-state index in [0.717, 1.165) is 29.6 Å². The second kappa shape index (κ2) is 6.21. The molecule has 0 saturated carbocycles. The minimum absolute atomic E-state index is 0.150. The fraction of sp³-hybridized carbons (Fsp3) is 0.158. The Balaban J connectivity index is 1.65. The first-order chi connectivity index (χ1) is 12.0. The molecule has 1 aliphatic heterocycles. The van der Waals surface area contributed by atoms with Gasteiger partial charge < -0.3 is 9.88 Å². The van der Waals surface area contributed by atoms with Gasteiger partial charge in [0.1, 0.15) is 5.56 Å². The molecule has 25 heavy (non-hydrogen) atoms. The van der Waals surface area contributed by atoms with E-state index in [1.54, 1.807) is 30.5 Å². The number of hydrogen-bond donors (Lipinski definition) is 1. The maximum Gasteiger partial charge on any atom is 0.257 e. The number of carbonyl (C=O) groups excluding carboxylic acids is 1. The summed E-state index contributed by atoms with van der Waals surface area (Å²) in [7, 11) is 0. The number of nitrogens with one attached hydrogen (secondary N) is 1. The number of carbonyl (C=O) groups is 1. The molecule has 0 unspecified atom stereocenters. The predicted octanol–water partition coefficient (Wildman–Crippen LogP) is 3.79. The molecule has 0 bridgehead atoms. The van der Waals surface area contributed by atoms with Crippen LogP contribution >= 0.6 is 23.2 Å². The van der Waals surface area contributed by atoms with Crippen molar-refractivity contribution in [2.75, 3.05) is 0 Å². The second-order valence-electron chi connectivity index (χ2n) is 6.05. The van der Waals surface area contributed by atoms with Gasteiger partial charge >= 0.3 is 0 Å². The summed E-state index contributed by atoms with van der Waals surface area (Å²) in [6.07, 6.45) is 2.53. The number of benzene rings is 2. The number of para-hydroxylation sites is 1. The van der Waals surface area contributed by atoms with Crippen LogP contribution in [0.15, 0.2) is 47.4 Å².